The lowest BCUT2D eigenvalue weighted by atomic mass is 10.0. The molecule has 1 aromatic carbocycles. The van der Waals surface area contributed by atoms with E-state index in [-0.39, 0.29) is 11.5 Å². The number of aromatic nitrogens is 1. The summed E-state index contributed by atoms with van der Waals surface area (Å²) in [4.78, 5) is 18.6. The van der Waals surface area contributed by atoms with Gasteiger partial charge in [-0.1, -0.05) is 0 Å². The summed E-state index contributed by atoms with van der Waals surface area (Å²) < 4.78 is 12.1. The van der Waals surface area contributed by atoms with Crippen LogP contribution >= 0.6 is 0 Å². The molecule has 2 atom stereocenters. The molecule has 0 amide bonds. The Morgan fingerprint density at radius 3 is 2.72 bits per heavy atom. The Labute approximate surface area is 145 Å². The maximum Gasteiger partial charge on any atom is 0.182 e. The molecule has 2 saturated heterocycles. The molecule has 25 heavy (non-hydrogen) atoms. The van der Waals surface area contributed by atoms with Crippen molar-refractivity contribution < 1.29 is 9.15 Å². The zero-order valence-corrected chi connectivity index (χ0v) is 14.1. The van der Waals surface area contributed by atoms with Gasteiger partial charge in [0, 0.05) is 24.2 Å². The van der Waals surface area contributed by atoms with Gasteiger partial charge in [0.05, 0.1) is 0 Å². The van der Waals surface area contributed by atoms with Crippen molar-refractivity contribution in [3.63, 3.8) is 0 Å². The van der Waals surface area contributed by atoms with Crippen molar-refractivity contribution in [3.8, 4) is 17.2 Å². The maximum absolute atomic E-state index is 11.5. The Kier molecular flexibility index (Phi) is 3.31. The molecule has 4 aliphatic rings. The first-order chi connectivity index (χ1) is 12.2. The molecule has 0 unspecified atom stereocenters. The van der Waals surface area contributed by atoms with Crippen LogP contribution in [0.5, 0.6) is 5.75 Å². The second-order valence-electron chi connectivity index (χ2n) is 7.23. The molecule has 1 aromatic rings. The first-order valence-corrected chi connectivity index (χ1v) is 8.89. The molecule has 0 aromatic heterocycles. The molecule has 5 heteroatoms. The summed E-state index contributed by atoms with van der Waals surface area (Å²) in [6, 6.07) is 11.7. The highest BCUT2D eigenvalue weighted by atomic mass is 16.5. The van der Waals surface area contributed by atoms with Gasteiger partial charge in [0.15, 0.2) is 16.8 Å². The molecule has 0 radical (unpaired) electrons. The number of benzene rings is 2. The van der Waals surface area contributed by atoms with Crippen LogP contribution in [0.25, 0.3) is 22.6 Å². The highest BCUT2D eigenvalue weighted by Crippen LogP contribution is 2.36. The van der Waals surface area contributed by atoms with Crippen LogP contribution in [0.15, 0.2) is 45.6 Å². The summed E-state index contributed by atoms with van der Waals surface area (Å²) in [5.74, 6) is 1.32. The smallest absolute Gasteiger partial charge is 0.182 e. The second kappa shape index (κ2) is 5.56. The fraction of sp³-hybridized carbons (Fsp3) is 0.400. The van der Waals surface area contributed by atoms with Gasteiger partial charge in [-0.2, -0.15) is 0 Å². The molecule has 2 bridgehead atoms. The quantitative estimate of drug-likeness (QED) is 0.672. The van der Waals surface area contributed by atoms with E-state index < -0.39 is 0 Å². The van der Waals surface area contributed by atoms with Gasteiger partial charge in [-0.3, -0.25) is 4.79 Å². The van der Waals surface area contributed by atoms with Crippen molar-refractivity contribution in [2.24, 2.45) is 0 Å². The number of hydrogen-bond acceptors (Lipinski definition) is 5. The highest BCUT2D eigenvalue weighted by Gasteiger charge is 2.39. The topological polar surface area (TPSA) is 55.6 Å². The summed E-state index contributed by atoms with van der Waals surface area (Å²) in [5.41, 5.74) is 2.02. The fourth-order valence-corrected chi connectivity index (χ4v) is 4.31. The molecule has 0 saturated carbocycles. The molecule has 5 nitrogen and oxygen atoms in total. The molecule has 2 fully saturated rings. The first-order valence-electron chi connectivity index (χ1n) is 8.89. The minimum atomic E-state index is -0.0772. The van der Waals surface area contributed by atoms with E-state index in [0.29, 0.717) is 29.1 Å². The summed E-state index contributed by atoms with van der Waals surface area (Å²) >= 11 is 0. The van der Waals surface area contributed by atoms with Gasteiger partial charge in [0.1, 0.15) is 23.1 Å². The van der Waals surface area contributed by atoms with Crippen LogP contribution < -0.4 is 10.2 Å². The lowest BCUT2D eigenvalue weighted by Gasteiger charge is -2.36. The van der Waals surface area contributed by atoms with Gasteiger partial charge in [-0.25, -0.2) is 4.98 Å². The van der Waals surface area contributed by atoms with Crippen molar-refractivity contribution in [3.05, 3.63) is 46.6 Å². The molecule has 128 valence electrons. The Hall–Kier alpha value is -2.40. The third kappa shape index (κ3) is 2.59. The molecular formula is C20H20N2O3. The number of rotatable bonds is 2. The average molecular weight is 336 g/mol. The highest BCUT2D eigenvalue weighted by molar-refractivity contribution is 5.77. The van der Waals surface area contributed by atoms with E-state index in [2.05, 4.69) is 16.9 Å². The number of nitrogens with zero attached hydrogens (tertiary/aromatic N) is 2. The zero-order valence-electron chi connectivity index (χ0n) is 14.1. The minimum Gasteiger partial charge on any atom is -0.490 e. The van der Waals surface area contributed by atoms with E-state index in [1.807, 2.05) is 18.2 Å². The predicted molar refractivity (Wildman–Crippen MR) is 95.1 cm³/mol. The van der Waals surface area contributed by atoms with Crippen molar-refractivity contribution >= 4 is 11.1 Å². The molecule has 1 aliphatic carbocycles. The van der Waals surface area contributed by atoms with Gasteiger partial charge in [0.2, 0.25) is 0 Å². The molecule has 0 spiro atoms. The monoisotopic (exact) mass is 336 g/mol. The second-order valence-corrected chi connectivity index (χ2v) is 7.23. The number of fused-ring (bicyclic) bond motifs is 4. The zero-order chi connectivity index (χ0) is 17.0. The van der Waals surface area contributed by atoms with Gasteiger partial charge < -0.3 is 14.1 Å². The van der Waals surface area contributed by atoms with Crippen LogP contribution in [0.4, 0.5) is 0 Å². The van der Waals surface area contributed by atoms with Gasteiger partial charge in [-0.15, -0.1) is 0 Å². The first kappa shape index (κ1) is 14.9. The standard InChI is InChI=1S/C20H20N2O3/c1-22-12-2-3-13(22)9-16(8-12)24-15-5-7-18-20(11-15)25-19-10-14(23)4-6-17(19)21-18/h4-7,10-13,16H,2-3,8-9H2,1H3/t12-,13-/m1/s1. The largest absolute Gasteiger partial charge is 0.490 e. The van der Waals surface area contributed by atoms with Crippen LogP contribution in [0.1, 0.15) is 25.7 Å². The maximum atomic E-state index is 11.5. The van der Waals surface area contributed by atoms with Crippen LogP contribution in [-0.4, -0.2) is 35.1 Å². The molecular weight excluding hydrogens is 316 g/mol. The van der Waals surface area contributed by atoms with Crippen LogP contribution in [0.2, 0.25) is 0 Å². The summed E-state index contributed by atoms with van der Waals surface area (Å²) in [5, 5.41) is 0. The van der Waals surface area contributed by atoms with E-state index in [1.165, 1.54) is 25.0 Å². The van der Waals surface area contributed by atoms with Crippen LogP contribution in [0.3, 0.4) is 0 Å². The minimum absolute atomic E-state index is 0.0772. The van der Waals surface area contributed by atoms with Crippen LogP contribution in [0, 0.1) is 0 Å². The Balaban J connectivity index is 1.45. The summed E-state index contributed by atoms with van der Waals surface area (Å²) in [7, 11) is 2.23. The number of piperidine rings is 1. The van der Waals surface area contributed by atoms with E-state index in [0.717, 1.165) is 24.1 Å². The normalized spacial score (nSPS) is 26.4. The molecule has 3 aliphatic heterocycles. The Morgan fingerprint density at radius 1 is 1.12 bits per heavy atom. The van der Waals surface area contributed by atoms with E-state index >= 15 is 0 Å². The lowest BCUT2D eigenvalue weighted by molar-refractivity contribution is 0.0662. The molecule has 5 rings (SSSR count). The van der Waals surface area contributed by atoms with Gasteiger partial charge in [-0.05, 0) is 57.0 Å². The third-order valence-corrected chi connectivity index (χ3v) is 5.68. The SMILES string of the molecule is CN1[C@@H]2CC[C@@H]1CC(Oc1ccc3nc4ccc(=O)cc-4oc3c1)C2. The Morgan fingerprint density at radius 2 is 1.92 bits per heavy atom. The lowest BCUT2D eigenvalue weighted by Crippen LogP contribution is -2.43. The summed E-state index contributed by atoms with van der Waals surface area (Å²) in [6.45, 7) is 0. The molecule has 0 N–H and O–H groups in total. The average Bonchev–Trinajstić information content (AvgIpc) is 2.81. The Bertz CT molecular complexity index is 953. The van der Waals surface area contributed by atoms with E-state index in [9.17, 15) is 4.79 Å². The van der Waals surface area contributed by atoms with E-state index in [4.69, 9.17) is 9.15 Å². The van der Waals surface area contributed by atoms with Gasteiger partial charge in [0.25, 0.3) is 0 Å². The predicted octanol–water partition coefficient (Wildman–Crippen LogP) is 3.30. The fourth-order valence-electron chi connectivity index (χ4n) is 4.31. The van der Waals surface area contributed by atoms with Crippen molar-refractivity contribution in [1.29, 1.82) is 0 Å². The number of ether oxygens (including phenoxy) is 1. The van der Waals surface area contributed by atoms with Crippen molar-refractivity contribution in [2.45, 2.75) is 43.9 Å². The molecule has 3 heterocycles. The van der Waals surface area contributed by atoms with Crippen molar-refractivity contribution in [1.82, 2.24) is 9.88 Å². The van der Waals surface area contributed by atoms with Gasteiger partial charge >= 0.3 is 0 Å². The summed E-state index contributed by atoms with van der Waals surface area (Å²) in [6.07, 6.45) is 4.98. The van der Waals surface area contributed by atoms with Crippen LogP contribution in [-0.2, 0) is 0 Å². The third-order valence-electron chi connectivity index (χ3n) is 5.68. The van der Waals surface area contributed by atoms with Crippen molar-refractivity contribution in [2.75, 3.05) is 7.05 Å². The number of hydrogen-bond donors (Lipinski definition) is 0. The van der Waals surface area contributed by atoms with E-state index in [1.54, 1.807) is 6.07 Å².